The zero-order chi connectivity index (χ0) is 13.0. The molecule has 2 rings (SSSR count). The van der Waals surface area contributed by atoms with Gasteiger partial charge in [-0.3, -0.25) is 10.1 Å². The predicted octanol–water partition coefficient (Wildman–Crippen LogP) is 2.01. The first kappa shape index (κ1) is 12.3. The molecule has 1 heterocycles. The van der Waals surface area contributed by atoms with E-state index in [9.17, 15) is 10.1 Å². The number of benzene rings is 1. The largest absolute Gasteiger partial charge is 0.441 e. The van der Waals surface area contributed by atoms with Crippen molar-refractivity contribution in [2.24, 2.45) is 0 Å². The molecule has 6 nitrogen and oxygen atoms in total. The van der Waals surface area contributed by atoms with Gasteiger partial charge in [0.1, 0.15) is 0 Å². The summed E-state index contributed by atoms with van der Waals surface area (Å²) in [4.78, 5) is 14.3. The summed E-state index contributed by atoms with van der Waals surface area (Å²) < 4.78 is 5.55. The molecule has 0 aliphatic heterocycles. The highest BCUT2D eigenvalue weighted by molar-refractivity contribution is 5.58. The van der Waals surface area contributed by atoms with Crippen molar-refractivity contribution in [3.05, 3.63) is 46.5 Å². The molecule has 0 aliphatic rings. The van der Waals surface area contributed by atoms with Crippen molar-refractivity contribution in [2.45, 2.75) is 6.42 Å². The Balaban J connectivity index is 2.15. The molecular formula is C12H13N3O3. The minimum Gasteiger partial charge on any atom is -0.441 e. The van der Waals surface area contributed by atoms with E-state index in [4.69, 9.17) is 4.42 Å². The van der Waals surface area contributed by atoms with Crippen molar-refractivity contribution in [2.75, 3.05) is 13.6 Å². The lowest BCUT2D eigenvalue weighted by Gasteiger charge is -1.96. The van der Waals surface area contributed by atoms with Gasteiger partial charge in [-0.25, -0.2) is 4.98 Å². The first-order valence-electron chi connectivity index (χ1n) is 5.55. The van der Waals surface area contributed by atoms with Gasteiger partial charge in [0.2, 0.25) is 0 Å². The maximum atomic E-state index is 10.5. The Morgan fingerprint density at radius 3 is 2.72 bits per heavy atom. The number of nitrogens with zero attached hydrogens (tertiary/aromatic N) is 2. The van der Waals surface area contributed by atoms with Crippen LogP contribution in [0.1, 0.15) is 5.89 Å². The summed E-state index contributed by atoms with van der Waals surface area (Å²) in [6.07, 6.45) is 2.34. The molecular weight excluding hydrogens is 234 g/mol. The number of nitro benzene ring substituents is 1. The van der Waals surface area contributed by atoms with Crippen LogP contribution < -0.4 is 5.32 Å². The fraction of sp³-hybridized carbons (Fsp3) is 0.250. The first-order chi connectivity index (χ1) is 8.70. The molecule has 1 aromatic carbocycles. The van der Waals surface area contributed by atoms with E-state index in [1.165, 1.54) is 12.1 Å². The van der Waals surface area contributed by atoms with Crippen molar-refractivity contribution < 1.29 is 9.34 Å². The van der Waals surface area contributed by atoms with Crippen LogP contribution in [0.25, 0.3) is 11.3 Å². The third-order valence-electron chi connectivity index (χ3n) is 2.51. The topological polar surface area (TPSA) is 81.2 Å². The number of aromatic nitrogens is 1. The number of nitro groups is 1. The van der Waals surface area contributed by atoms with Crippen LogP contribution >= 0.6 is 0 Å². The normalized spacial score (nSPS) is 10.5. The number of non-ortho nitro benzene ring substituents is 1. The van der Waals surface area contributed by atoms with Gasteiger partial charge < -0.3 is 9.73 Å². The van der Waals surface area contributed by atoms with Gasteiger partial charge in [0.25, 0.3) is 5.69 Å². The molecule has 0 saturated carbocycles. The zero-order valence-electron chi connectivity index (χ0n) is 9.92. The fourth-order valence-electron chi connectivity index (χ4n) is 1.54. The highest BCUT2D eigenvalue weighted by Crippen LogP contribution is 2.23. The summed E-state index contributed by atoms with van der Waals surface area (Å²) in [7, 11) is 1.86. The molecule has 0 fully saturated rings. The fourth-order valence-corrected chi connectivity index (χ4v) is 1.54. The first-order valence-corrected chi connectivity index (χ1v) is 5.55. The number of likely N-dealkylation sites (N-methyl/N-ethyl adjacent to an activating group) is 1. The molecule has 0 unspecified atom stereocenters. The monoisotopic (exact) mass is 247 g/mol. The van der Waals surface area contributed by atoms with Gasteiger partial charge in [0.05, 0.1) is 11.1 Å². The lowest BCUT2D eigenvalue weighted by Crippen LogP contribution is -2.10. The highest BCUT2D eigenvalue weighted by atomic mass is 16.6. The third-order valence-corrected chi connectivity index (χ3v) is 2.51. The summed E-state index contributed by atoms with van der Waals surface area (Å²) in [6.45, 7) is 0.792. The molecule has 0 radical (unpaired) electrons. The van der Waals surface area contributed by atoms with Crippen LogP contribution in [0.2, 0.25) is 0 Å². The summed E-state index contributed by atoms with van der Waals surface area (Å²) in [5.41, 5.74) is 0.845. The van der Waals surface area contributed by atoms with E-state index in [2.05, 4.69) is 10.3 Å². The number of hydrogen-bond donors (Lipinski definition) is 1. The van der Waals surface area contributed by atoms with Crippen LogP contribution in [0.3, 0.4) is 0 Å². The van der Waals surface area contributed by atoms with Crippen molar-refractivity contribution in [1.82, 2.24) is 10.3 Å². The predicted molar refractivity (Wildman–Crippen MR) is 66.2 cm³/mol. The van der Waals surface area contributed by atoms with Gasteiger partial charge >= 0.3 is 0 Å². The maximum Gasteiger partial charge on any atom is 0.269 e. The third kappa shape index (κ3) is 2.72. The minimum absolute atomic E-state index is 0.0636. The Hall–Kier alpha value is -2.21. The molecule has 0 bridgehead atoms. The quantitative estimate of drug-likeness (QED) is 0.645. The van der Waals surface area contributed by atoms with Crippen LogP contribution in [0.4, 0.5) is 5.69 Å². The molecule has 1 N–H and O–H groups in total. The van der Waals surface area contributed by atoms with Gasteiger partial charge in [-0.05, 0) is 19.2 Å². The van der Waals surface area contributed by atoms with Gasteiger partial charge in [0.15, 0.2) is 11.7 Å². The van der Waals surface area contributed by atoms with E-state index < -0.39 is 4.92 Å². The number of nitrogens with one attached hydrogen (secondary N) is 1. The van der Waals surface area contributed by atoms with Crippen LogP contribution in [0, 0.1) is 10.1 Å². The van der Waals surface area contributed by atoms with Crippen LogP contribution in [0.5, 0.6) is 0 Å². The second kappa shape index (κ2) is 5.42. The smallest absolute Gasteiger partial charge is 0.269 e. The van der Waals surface area contributed by atoms with Gasteiger partial charge in [-0.15, -0.1) is 0 Å². The van der Waals surface area contributed by atoms with Crippen LogP contribution in [0.15, 0.2) is 34.9 Å². The van der Waals surface area contributed by atoms with Crippen molar-refractivity contribution >= 4 is 5.69 Å². The van der Waals surface area contributed by atoms with Gasteiger partial charge in [-0.2, -0.15) is 0 Å². The van der Waals surface area contributed by atoms with Crippen molar-refractivity contribution in [1.29, 1.82) is 0 Å². The Morgan fingerprint density at radius 1 is 1.39 bits per heavy atom. The maximum absolute atomic E-state index is 10.5. The molecule has 0 spiro atoms. The minimum atomic E-state index is -0.428. The zero-order valence-corrected chi connectivity index (χ0v) is 9.92. The molecule has 0 saturated heterocycles. The number of oxazole rings is 1. The summed E-state index contributed by atoms with van der Waals surface area (Å²) in [6, 6.07) is 6.21. The Kier molecular flexibility index (Phi) is 3.69. The Morgan fingerprint density at radius 2 is 2.11 bits per heavy atom. The molecule has 0 amide bonds. The van der Waals surface area contributed by atoms with Crippen molar-refractivity contribution in [3.63, 3.8) is 0 Å². The SMILES string of the molecule is CNCCc1ncc(-c2ccc([N+](=O)[O-])cc2)o1. The molecule has 94 valence electrons. The van der Waals surface area contributed by atoms with E-state index in [1.54, 1.807) is 18.3 Å². The van der Waals surface area contributed by atoms with E-state index in [0.717, 1.165) is 12.1 Å². The molecule has 2 aromatic rings. The number of rotatable bonds is 5. The molecule has 0 aliphatic carbocycles. The summed E-state index contributed by atoms with van der Waals surface area (Å²) in [5.74, 6) is 1.27. The molecule has 6 heteroatoms. The standard InChI is InChI=1S/C12H13N3O3/c1-13-7-6-12-14-8-11(18-12)9-2-4-10(5-3-9)15(16)17/h2-5,8,13H,6-7H2,1H3. The van der Waals surface area contributed by atoms with E-state index in [-0.39, 0.29) is 5.69 Å². The van der Waals surface area contributed by atoms with E-state index in [1.807, 2.05) is 7.05 Å². The lowest BCUT2D eigenvalue weighted by molar-refractivity contribution is -0.384. The Bertz CT molecular complexity index is 534. The van der Waals surface area contributed by atoms with Gasteiger partial charge in [-0.1, -0.05) is 0 Å². The van der Waals surface area contributed by atoms with Gasteiger partial charge in [0, 0.05) is 30.7 Å². The van der Waals surface area contributed by atoms with Crippen molar-refractivity contribution in [3.8, 4) is 11.3 Å². The molecule has 1 aromatic heterocycles. The average molecular weight is 247 g/mol. The second-order valence-electron chi connectivity index (χ2n) is 3.78. The van der Waals surface area contributed by atoms with Crippen LogP contribution in [-0.2, 0) is 6.42 Å². The average Bonchev–Trinajstić information content (AvgIpc) is 2.85. The van der Waals surface area contributed by atoms with Crippen LogP contribution in [-0.4, -0.2) is 23.5 Å². The molecule has 0 atom stereocenters. The lowest BCUT2D eigenvalue weighted by atomic mass is 10.2. The second-order valence-corrected chi connectivity index (χ2v) is 3.78. The molecule has 18 heavy (non-hydrogen) atoms. The van der Waals surface area contributed by atoms with E-state index in [0.29, 0.717) is 18.1 Å². The summed E-state index contributed by atoms with van der Waals surface area (Å²) >= 11 is 0. The Labute approximate surface area is 104 Å². The van der Waals surface area contributed by atoms with E-state index >= 15 is 0 Å². The summed E-state index contributed by atoms with van der Waals surface area (Å²) in [5, 5.41) is 13.5. The highest BCUT2D eigenvalue weighted by Gasteiger charge is 2.09. The number of hydrogen-bond acceptors (Lipinski definition) is 5.